The van der Waals surface area contributed by atoms with E-state index in [0.29, 0.717) is 17.1 Å². The lowest BCUT2D eigenvalue weighted by atomic mass is 10.2. The molecule has 0 bridgehead atoms. The molecule has 86 valence electrons. The average molecular weight is 229 g/mol. The number of aryl methyl sites for hydroxylation is 2. The molecule has 0 radical (unpaired) electrons. The molecule has 0 aliphatic heterocycles. The van der Waals surface area contributed by atoms with E-state index in [9.17, 15) is 4.79 Å². The Balaban J connectivity index is 2.65. The molecule has 17 heavy (non-hydrogen) atoms. The van der Waals surface area contributed by atoms with Crippen LogP contribution in [0.1, 0.15) is 11.3 Å². The van der Waals surface area contributed by atoms with Gasteiger partial charge in [-0.2, -0.15) is 4.52 Å². The monoisotopic (exact) mass is 229 g/mol. The van der Waals surface area contributed by atoms with Gasteiger partial charge in [0.1, 0.15) is 11.5 Å². The Bertz CT molecular complexity index is 799. The summed E-state index contributed by atoms with van der Waals surface area (Å²) in [6, 6.07) is 3.26. The van der Waals surface area contributed by atoms with Crippen molar-refractivity contribution in [3.63, 3.8) is 0 Å². The minimum absolute atomic E-state index is 0.239. The average Bonchev–Trinajstić information content (AvgIpc) is 2.56. The van der Waals surface area contributed by atoms with Crippen LogP contribution in [0.3, 0.4) is 0 Å². The molecule has 0 spiro atoms. The first-order valence-electron chi connectivity index (χ1n) is 5.22. The van der Waals surface area contributed by atoms with Crippen LogP contribution in [0, 0.1) is 13.8 Å². The number of nitrogens with zero attached hydrogens (tertiary/aromatic N) is 3. The second kappa shape index (κ2) is 3.07. The number of nitrogens with two attached hydrogens (primary N) is 1. The third-order valence-corrected chi connectivity index (χ3v) is 2.73. The fourth-order valence-electron chi connectivity index (χ4n) is 2.08. The molecular formula is C11H11N5O. The largest absolute Gasteiger partial charge is 0.383 e. The van der Waals surface area contributed by atoms with Crippen molar-refractivity contribution < 1.29 is 0 Å². The van der Waals surface area contributed by atoms with Gasteiger partial charge in [0.15, 0.2) is 5.65 Å². The molecule has 0 aliphatic rings. The quantitative estimate of drug-likeness (QED) is 0.595. The maximum Gasteiger partial charge on any atom is 0.253 e. The highest BCUT2D eigenvalue weighted by atomic mass is 16.1. The van der Waals surface area contributed by atoms with Crippen molar-refractivity contribution >= 4 is 22.5 Å². The third-order valence-electron chi connectivity index (χ3n) is 2.73. The van der Waals surface area contributed by atoms with Gasteiger partial charge in [-0.1, -0.05) is 0 Å². The Labute approximate surface area is 96.1 Å². The van der Waals surface area contributed by atoms with Crippen LogP contribution in [0.15, 0.2) is 16.9 Å². The number of hydrogen-bond donors (Lipinski definition) is 2. The van der Waals surface area contributed by atoms with Crippen LogP contribution in [0.4, 0.5) is 5.82 Å². The van der Waals surface area contributed by atoms with Crippen molar-refractivity contribution in [2.24, 2.45) is 0 Å². The molecule has 6 nitrogen and oxygen atoms in total. The van der Waals surface area contributed by atoms with Crippen LogP contribution in [0.5, 0.6) is 0 Å². The van der Waals surface area contributed by atoms with Crippen LogP contribution < -0.4 is 11.3 Å². The standard InChI is InChI=1S/C11H11N5O/c1-5-3-6(2)13-10-9(5)11-14-8(17)4-7(12)16(11)15-10/h3-4H,12H2,1-2H3,(H,14,17). The number of nitrogen functional groups attached to an aromatic ring is 1. The second-order valence-electron chi connectivity index (χ2n) is 4.10. The zero-order valence-electron chi connectivity index (χ0n) is 9.48. The number of anilines is 1. The Morgan fingerprint density at radius 3 is 2.88 bits per heavy atom. The Morgan fingerprint density at radius 1 is 1.35 bits per heavy atom. The van der Waals surface area contributed by atoms with Crippen LogP contribution in [0.2, 0.25) is 0 Å². The number of aromatic nitrogens is 4. The van der Waals surface area contributed by atoms with Gasteiger partial charge in [0.05, 0.1) is 5.39 Å². The lowest BCUT2D eigenvalue weighted by Crippen LogP contribution is -2.11. The predicted octanol–water partition coefficient (Wildman–Crippen LogP) is 0.770. The molecular weight excluding hydrogens is 218 g/mol. The van der Waals surface area contributed by atoms with Gasteiger partial charge in [-0.05, 0) is 25.5 Å². The Morgan fingerprint density at radius 2 is 2.12 bits per heavy atom. The number of rotatable bonds is 0. The number of hydrogen-bond acceptors (Lipinski definition) is 4. The topological polar surface area (TPSA) is 89.1 Å². The van der Waals surface area contributed by atoms with Gasteiger partial charge in [-0.25, -0.2) is 4.98 Å². The predicted molar refractivity (Wildman–Crippen MR) is 65.0 cm³/mol. The Hall–Kier alpha value is -2.37. The summed E-state index contributed by atoms with van der Waals surface area (Å²) in [4.78, 5) is 18.5. The van der Waals surface area contributed by atoms with Gasteiger partial charge < -0.3 is 10.7 Å². The van der Waals surface area contributed by atoms with E-state index in [2.05, 4.69) is 15.1 Å². The first-order chi connectivity index (χ1) is 8.06. The van der Waals surface area contributed by atoms with Crippen LogP contribution in [-0.4, -0.2) is 19.6 Å². The van der Waals surface area contributed by atoms with Crippen molar-refractivity contribution in [2.45, 2.75) is 13.8 Å². The number of H-pyrrole nitrogens is 1. The van der Waals surface area contributed by atoms with Gasteiger partial charge in [0.2, 0.25) is 0 Å². The molecule has 3 aromatic rings. The first-order valence-corrected chi connectivity index (χ1v) is 5.22. The van der Waals surface area contributed by atoms with E-state index in [1.54, 1.807) is 0 Å². The zero-order chi connectivity index (χ0) is 12.2. The fraction of sp³-hybridized carbons (Fsp3) is 0.182. The summed E-state index contributed by atoms with van der Waals surface area (Å²) in [5, 5.41) is 5.12. The minimum Gasteiger partial charge on any atom is -0.383 e. The van der Waals surface area contributed by atoms with Gasteiger partial charge in [-0.3, -0.25) is 4.79 Å². The van der Waals surface area contributed by atoms with Crippen LogP contribution in [-0.2, 0) is 0 Å². The lowest BCUT2D eigenvalue weighted by Gasteiger charge is -1.98. The third kappa shape index (κ3) is 1.30. The summed E-state index contributed by atoms with van der Waals surface area (Å²) in [7, 11) is 0. The normalized spacial score (nSPS) is 11.4. The van der Waals surface area contributed by atoms with E-state index < -0.39 is 0 Å². The SMILES string of the molecule is Cc1cc(C)c2c(n1)nn1c(N)cc(=O)[nH]c21. The molecule has 0 saturated carbocycles. The van der Waals surface area contributed by atoms with E-state index in [4.69, 9.17) is 5.73 Å². The minimum atomic E-state index is -0.239. The molecule has 3 heterocycles. The molecule has 0 saturated heterocycles. The highest BCUT2D eigenvalue weighted by molar-refractivity contribution is 5.93. The van der Waals surface area contributed by atoms with Crippen molar-refractivity contribution in [1.82, 2.24) is 19.6 Å². The van der Waals surface area contributed by atoms with Crippen LogP contribution >= 0.6 is 0 Å². The summed E-state index contributed by atoms with van der Waals surface area (Å²) in [6.07, 6.45) is 0. The molecule has 3 aromatic heterocycles. The molecule has 0 atom stereocenters. The van der Waals surface area contributed by atoms with Crippen molar-refractivity contribution in [2.75, 3.05) is 5.73 Å². The maximum absolute atomic E-state index is 11.4. The molecule has 0 amide bonds. The summed E-state index contributed by atoms with van der Waals surface area (Å²) < 4.78 is 1.51. The van der Waals surface area contributed by atoms with Crippen molar-refractivity contribution in [3.8, 4) is 0 Å². The van der Waals surface area contributed by atoms with E-state index in [-0.39, 0.29) is 5.56 Å². The summed E-state index contributed by atoms with van der Waals surface area (Å²) in [5.41, 5.74) is 8.61. The van der Waals surface area contributed by atoms with Crippen LogP contribution in [0.25, 0.3) is 16.7 Å². The van der Waals surface area contributed by atoms with Gasteiger partial charge >= 0.3 is 0 Å². The maximum atomic E-state index is 11.4. The number of pyridine rings is 1. The number of fused-ring (bicyclic) bond motifs is 3. The molecule has 0 unspecified atom stereocenters. The van der Waals surface area contributed by atoms with Crippen molar-refractivity contribution in [1.29, 1.82) is 0 Å². The summed E-state index contributed by atoms with van der Waals surface area (Å²) >= 11 is 0. The zero-order valence-corrected chi connectivity index (χ0v) is 9.48. The van der Waals surface area contributed by atoms with Crippen molar-refractivity contribution in [3.05, 3.63) is 33.7 Å². The smallest absolute Gasteiger partial charge is 0.253 e. The molecule has 3 N–H and O–H groups in total. The molecule has 0 aliphatic carbocycles. The Kier molecular flexibility index (Phi) is 1.77. The highest BCUT2D eigenvalue weighted by Crippen LogP contribution is 2.21. The summed E-state index contributed by atoms with van der Waals surface area (Å²) in [5.74, 6) is 0.304. The lowest BCUT2D eigenvalue weighted by molar-refractivity contribution is 0.950. The summed E-state index contributed by atoms with van der Waals surface area (Å²) in [6.45, 7) is 3.86. The van der Waals surface area contributed by atoms with Gasteiger partial charge in [0, 0.05) is 11.8 Å². The number of aromatic amines is 1. The van der Waals surface area contributed by atoms with E-state index in [1.807, 2.05) is 19.9 Å². The van der Waals surface area contributed by atoms with Gasteiger partial charge in [-0.15, -0.1) is 5.10 Å². The highest BCUT2D eigenvalue weighted by Gasteiger charge is 2.12. The molecule has 0 aromatic carbocycles. The van der Waals surface area contributed by atoms with E-state index >= 15 is 0 Å². The van der Waals surface area contributed by atoms with E-state index in [1.165, 1.54) is 10.6 Å². The second-order valence-corrected chi connectivity index (χ2v) is 4.10. The molecule has 3 rings (SSSR count). The molecule has 6 heteroatoms. The fourth-order valence-corrected chi connectivity index (χ4v) is 2.08. The van der Waals surface area contributed by atoms with E-state index in [0.717, 1.165) is 16.6 Å². The first kappa shape index (κ1) is 9.83. The number of nitrogens with one attached hydrogen (secondary N) is 1. The van der Waals surface area contributed by atoms with Gasteiger partial charge in [0.25, 0.3) is 5.56 Å². The molecule has 0 fully saturated rings.